The average molecular weight is 442 g/mol. The number of fused-ring (bicyclic) bond motifs is 3. The van der Waals surface area contributed by atoms with Crippen molar-refractivity contribution in [3.63, 3.8) is 0 Å². The van der Waals surface area contributed by atoms with Crippen molar-refractivity contribution < 1.29 is 23.1 Å². The minimum Gasteiger partial charge on any atom is -0.506 e. The van der Waals surface area contributed by atoms with Gasteiger partial charge in [0.05, 0.1) is 16.9 Å². The first-order valence-corrected chi connectivity index (χ1v) is 11.4. The van der Waals surface area contributed by atoms with E-state index in [0.29, 0.717) is 22.3 Å². The predicted molar refractivity (Wildman–Crippen MR) is 121 cm³/mol. The van der Waals surface area contributed by atoms with Gasteiger partial charge in [0.1, 0.15) is 11.3 Å². The third-order valence-electron chi connectivity index (χ3n) is 5.66. The van der Waals surface area contributed by atoms with Crippen molar-refractivity contribution in [1.29, 1.82) is 0 Å². The molecule has 0 unspecified atom stereocenters. The number of rotatable bonds is 3. The van der Waals surface area contributed by atoms with E-state index in [1.54, 1.807) is 66.7 Å². The van der Waals surface area contributed by atoms with Crippen LogP contribution in [0.5, 0.6) is 5.75 Å². The van der Waals surface area contributed by atoms with Crippen molar-refractivity contribution in [2.24, 2.45) is 0 Å². The highest BCUT2D eigenvalue weighted by Crippen LogP contribution is 2.56. The van der Waals surface area contributed by atoms with E-state index in [4.69, 9.17) is 4.74 Å². The third-order valence-corrected chi connectivity index (χ3v) is 7.54. The molecule has 5 rings (SSSR count). The molecule has 0 aromatic heterocycles. The second-order valence-electron chi connectivity index (χ2n) is 7.40. The number of ether oxygens (including phenoxy) is 1. The van der Waals surface area contributed by atoms with Crippen molar-refractivity contribution in [3.05, 3.63) is 90.5 Å². The van der Waals surface area contributed by atoms with Crippen LogP contribution in [-0.4, -0.2) is 26.6 Å². The van der Waals surface area contributed by atoms with Crippen molar-refractivity contribution in [1.82, 2.24) is 0 Å². The van der Waals surface area contributed by atoms with Crippen LogP contribution in [0.3, 0.4) is 0 Å². The monoisotopic (exact) mass is 442 g/mol. The molecule has 4 aromatic rings. The summed E-state index contributed by atoms with van der Waals surface area (Å²) in [4.78, 5) is 13.0. The zero-order valence-electron chi connectivity index (χ0n) is 17.1. The number of hydrogen-bond donors (Lipinski definition) is 1. The second kappa shape index (κ2) is 7.35. The van der Waals surface area contributed by atoms with Gasteiger partial charge in [0.25, 0.3) is 0 Å². The minimum atomic E-state index is -3.97. The Morgan fingerprint density at radius 1 is 0.750 bits per heavy atom. The molecule has 0 saturated heterocycles. The summed E-state index contributed by atoms with van der Waals surface area (Å²) < 4.78 is 32.6. The first kappa shape index (κ1) is 20.0. The average Bonchev–Trinajstić information content (AvgIpc) is 3.06. The van der Waals surface area contributed by atoms with E-state index in [1.165, 1.54) is 13.2 Å². The fraction of sp³-hybridized carbons (Fsp3) is 0.0385. The lowest BCUT2D eigenvalue weighted by atomic mass is 9.86. The van der Waals surface area contributed by atoms with Gasteiger partial charge < -0.3 is 9.84 Å². The number of carbonyl (C=O) groups is 1. The Labute approximate surface area is 185 Å². The van der Waals surface area contributed by atoms with Crippen LogP contribution < -0.4 is 0 Å². The van der Waals surface area contributed by atoms with Crippen LogP contribution in [0.25, 0.3) is 33.4 Å². The van der Waals surface area contributed by atoms with E-state index in [9.17, 15) is 18.3 Å². The van der Waals surface area contributed by atoms with E-state index in [1.807, 2.05) is 12.1 Å². The minimum absolute atomic E-state index is 0.00181. The van der Waals surface area contributed by atoms with Crippen molar-refractivity contribution >= 4 is 15.8 Å². The van der Waals surface area contributed by atoms with Crippen LogP contribution >= 0.6 is 0 Å². The van der Waals surface area contributed by atoms with Crippen LogP contribution in [0.4, 0.5) is 0 Å². The number of benzene rings is 4. The highest BCUT2D eigenvalue weighted by atomic mass is 32.2. The standard InChI is InChI=1S/C26H18O5S/c1-31-26(28)23-22-18-14-8-9-15-19(18)32(29,30)25(22)21(17-12-6-3-7-13-17)20(24(23)27)16-10-4-2-5-11-16/h2-15,27H,1H3. The SMILES string of the molecule is COC(=O)c1c(O)c(-c2ccccc2)c(-c2ccccc2)c2c1-c1ccccc1S2(=O)=O. The molecule has 4 aromatic carbocycles. The molecule has 0 spiro atoms. The maximum Gasteiger partial charge on any atom is 0.342 e. The van der Waals surface area contributed by atoms with E-state index >= 15 is 0 Å². The van der Waals surface area contributed by atoms with Crippen molar-refractivity contribution in [3.8, 4) is 39.1 Å². The summed E-state index contributed by atoms with van der Waals surface area (Å²) in [6.07, 6.45) is 0. The molecule has 32 heavy (non-hydrogen) atoms. The molecule has 1 aliphatic heterocycles. The number of carbonyl (C=O) groups excluding carboxylic acids is 1. The van der Waals surface area contributed by atoms with Gasteiger partial charge in [-0.05, 0) is 17.2 Å². The zero-order valence-corrected chi connectivity index (χ0v) is 17.9. The van der Waals surface area contributed by atoms with Gasteiger partial charge in [0, 0.05) is 22.3 Å². The normalized spacial score (nSPS) is 13.3. The van der Waals surface area contributed by atoms with E-state index in [0.717, 1.165) is 0 Å². The number of aromatic hydroxyl groups is 1. The Hall–Kier alpha value is -3.90. The zero-order chi connectivity index (χ0) is 22.5. The maximum atomic E-state index is 13.8. The molecule has 0 bridgehead atoms. The maximum absolute atomic E-state index is 13.8. The van der Waals surface area contributed by atoms with Gasteiger partial charge in [-0.25, -0.2) is 13.2 Å². The van der Waals surface area contributed by atoms with E-state index in [-0.39, 0.29) is 32.2 Å². The van der Waals surface area contributed by atoms with Crippen LogP contribution in [-0.2, 0) is 14.6 Å². The molecule has 0 fully saturated rings. The molecule has 6 heteroatoms. The Morgan fingerprint density at radius 2 is 1.28 bits per heavy atom. The number of phenolic OH excluding ortho intramolecular Hbond substituents is 1. The molecule has 0 atom stereocenters. The number of phenols is 1. The molecule has 5 nitrogen and oxygen atoms in total. The molecule has 1 N–H and O–H groups in total. The summed E-state index contributed by atoms with van der Waals surface area (Å²) in [6, 6.07) is 24.4. The van der Waals surface area contributed by atoms with Crippen LogP contribution in [0.2, 0.25) is 0 Å². The fourth-order valence-corrected chi connectivity index (χ4v) is 6.23. The fourth-order valence-electron chi connectivity index (χ4n) is 4.32. The molecule has 158 valence electrons. The Kier molecular flexibility index (Phi) is 4.60. The highest BCUT2D eigenvalue weighted by molar-refractivity contribution is 7.92. The summed E-state index contributed by atoms with van der Waals surface area (Å²) in [5.74, 6) is -1.12. The van der Waals surface area contributed by atoms with Gasteiger partial charge in [0.15, 0.2) is 0 Å². The lowest BCUT2D eigenvalue weighted by Gasteiger charge is -2.20. The van der Waals surface area contributed by atoms with Gasteiger partial charge in [0.2, 0.25) is 9.84 Å². The molecule has 1 aliphatic rings. The molecular formula is C26H18O5S. The highest BCUT2D eigenvalue weighted by Gasteiger charge is 2.42. The van der Waals surface area contributed by atoms with Gasteiger partial charge in [-0.2, -0.15) is 0 Å². The van der Waals surface area contributed by atoms with Crippen LogP contribution in [0.1, 0.15) is 10.4 Å². The number of esters is 1. The van der Waals surface area contributed by atoms with Crippen molar-refractivity contribution in [2.75, 3.05) is 7.11 Å². The summed E-state index contributed by atoms with van der Waals surface area (Å²) in [7, 11) is -2.77. The molecular weight excluding hydrogens is 424 g/mol. The summed E-state index contributed by atoms with van der Waals surface area (Å²) in [5, 5.41) is 11.5. The number of hydrogen-bond acceptors (Lipinski definition) is 5. The summed E-state index contributed by atoms with van der Waals surface area (Å²) >= 11 is 0. The molecule has 0 amide bonds. The first-order valence-electron chi connectivity index (χ1n) is 9.93. The summed E-state index contributed by atoms with van der Waals surface area (Å²) in [5.41, 5.74) is 2.21. The Balaban J connectivity index is 2.07. The summed E-state index contributed by atoms with van der Waals surface area (Å²) in [6.45, 7) is 0. The molecule has 0 radical (unpaired) electrons. The van der Waals surface area contributed by atoms with Crippen LogP contribution in [0, 0.1) is 0 Å². The quantitative estimate of drug-likeness (QED) is 0.382. The largest absolute Gasteiger partial charge is 0.506 e. The van der Waals surface area contributed by atoms with Gasteiger partial charge >= 0.3 is 5.97 Å². The Morgan fingerprint density at radius 3 is 1.88 bits per heavy atom. The predicted octanol–water partition coefficient (Wildman–Crippen LogP) is 5.33. The molecule has 0 saturated carbocycles. The smallest absolute Gasteiger partial charge is 0.342 e. The Bertz CT molecular complexity index is 1470. The van der Waals surface area contributed by atoms with E-state index in [2.05, 4.69) is 0 Å². The van der Waals surface area contributed by atoms with Crippen LogP contribution in [0.15, 0.2) is 94.7 Å². The molecule has 1 heterocycles. The lowest BCUT2D eigenvalue weighted by molar-refractivity contribution is 0.0598. The third kappa shape index (κ3) is 2.77. The second-order valence-corrected chi connectivity index (χ2v) is 9.26. The van der Waals surface area contributed by atoms with Gasteiger partial charge in [-0.1, -0.05) is 78.9 Å². The van der Waals surface area contributed by atoms with Crippen molar-refractivity contribution in [2.45, 2.75) is 9.79 Å². The first-order chi connectivity index (χ1) is 15.5. The van der Waals surface area contributed by atoms with Gasteiger partial charge in [-0.3, -0.25) is 0 Å². The number of sulfone groups is 1. The van der Waals surface area contributed by atoms with E-state index < -0.39 is 15.8 Å². The topological polar surface area (TPSA) is 80.7 Å². The molecule has 0 aliphatic carbocycles. The number of methoxy groups -OCH3 is 1. The van der Waals surface area contributed by atoms with Gasteiger partial charge in [-0.15, -0.1) is 0 Å². The lowest BCUT2D eigenvalue weighted by Crippen LogP contribution is -2.08.